The fourth-order valence-corrected chi connectivity index (χ4v) is 2.46. The molecular weight excluding hydrogens is 318 g/mol. The summed E-state index contributed by atoms with van der Waals surface area (Å²) in [4.78, 5) is 18.3. The molecule has 1 amide bonds. The molecule has 0 fully saturated rings. The molecule has 0 atom stereocenters. The summed E-state index contributed by atoms with van der Waals surface area (Å²) in [7, 11) is 0. The van der Waals surface area contributed by atoms with Crippen LogP contribution in [-0.2, 0) is 13.1 Å². The first-order valence-corrected chi connectivity index (χ1v) is 7.86. The third-order valence-corrected chi connectivity index (χ3v) is 3.72. The second-order valence-electron chi connectivity index (χ2n) is 5.50. The van der Waals surface area contributed by atoms with Gasteiger partial charge in [0, 0.05) is 12.1 Å². The molecule has 0 bridgehead atoms. The molecule has 0 spiro atoms. The molecule has 0 radical (unpaired) electrons. The predicted molar refractivity (Wildman–Crippen MR) is 89.2 cm³/mol. The number of benzene rings is 1. The zero-order valence-corrected chi connectivity index (χ0v) is 13.6. The van der Waals surface area contributed by atoms with E-state index in [-0.39, 0.29) is 12.3 Å². The highest BCUT2D eigenvalue weighted by Crippen LogP contribution is 2.13. The highest BCUT2D eigenvalue weighted by Gasteiger charge is 2.17. The molecule has 0 unspecified atom stereocenters. The summed E-state index contributed by atoms with van der Waals surface area (Å²) in [5, 5.41) is 12.9. The molecule has 0 aliphatic carbocycles. The van der Waals surface area contributed by atoms with Gasteiger partial charge in [-0.15, -0.1) is 0 Å². The Morgan fingerprint density at radius 1 is 1.28 bits per heavy atom. The summed E-state index contributed by atoms with van der Waals surface area (Å²) in [6.07, 6.45) is 4.98. The van der Waals surface area contributed by atoms with Gasteiger partial charge in [0.25, 0.3) is 5.91 Å². The molecular formula is C18H17N5O2. The minimum absolute atomic E-state index is 0.126. The van der Waals surface area contributed by atoms with Crippen LogP contribution in [0.2, 0.25) is 0 Å². The summed E-state index contributed by atoms with van der Waals surface area (Å²) >= 11 is 0. The number of hydrogen-bond acceptors (Lipinski definition) is 5. The van der Waals surface area contributed by atoms with Crippen molar-refractivity contribution in [2.24, 2.45) is 0 Å². The van der Waals surface area contributed by atoms with E-state index in [4.69, 9.17) is 9.68 Å². The van der Waals surface area contributed by atoms with Gasteiger partial charge in [0.1, 0.15) is 18.4 Å². The van der Waals surface area contributed by atoms with Crippen LogP contribution in [-0.4, -0.2) is 32.1 Å². The van der Waals surface area contributed by atoms with Crippen LogP contribution < -0.4 is 0 Å². The molecule has 7 heteroatoms. The van der Waals surface area contributed by atoms with Crippen LogP contribution >= 0.6 is 0 Å². The first kappa shape index (κ1) is 16.5. The van der Waals surface area contributed by atoms with Crippen molar-refractivity contribution >= 4 is 5.91 Å². The minimum Gasteiger partial charge on any atom is -0.467 e. The van der Waals surface area contributed by atoms with Gasteiger partial charge in [0.15, 0.2) is 0 Å². The molecule has 2 heterocycles. The van der Waals surface area contributed by atoms with E-state index in [1.54, 1.807) is 40.4 Å². The molecule has 0 aliphatic heterocycles. The number of carbonyl (C=O) groups is 1. The van der Waals surface area contributed by atoms with Gasteiger partial charge in [-0.1, -0.05) is 12.1 Å². The van der Waals surface area contributed by atoms with E-state index in [0.29, 0.717) is 31.0 Å². The minimum atomic E-state index is -0.126. The van der Waals surface area contributed by atoms with Crippen LogP contribution in [0.15, 0.2) is 59.7 Å². The number of nitrogens with zero attached hydrogens (tertiary/aromatic N) is 5. The SMILES string of the molecule is N#CCCN(Cc1ccco1)C(=O)c1ccc(Cn2cncn2)cc1. The second kappa shape index (κ2) is 7.93. The van der Waals surface area contributed by atoms with Crippen molar-refractivity contribution < 1.29 is 9.21 Å². The molecule has 1 aromatic carbocycles. The number of hydrogen-bond donors (Lipinski definition) is 0. The predicted octanol–water partition coefficient (Wildman–Crippen LogP) is 2.48. The fourth-order valence-electron chi connectivity index (χ4n) is 2.46. The zero-order chi connectivity index (χ0) is 17.5. The summed E-state index contributed by atoms with van der Waals surface area (Å²) < 4.78 is 7.03. The first-order chi connectivity index (χ1) is 12.3. The summed E-state index contributed by atoms with van der Waals surface area (Å²) in [6.45, 7) is 1.30. The monoisotopic (exact) mass is 335 g/mol. The van der Waals surface area contributed by atoms with Crippen molar-refractivity contribution in [1.29, 1.82) is 5.26 Å². The Kier molecular flexibility index (Phi) is 5.22. The van der Waals surface area contributed by atoms with Crippen LogP contribution in [0.3, 0.4) is 0 Å². The molecule has 0 aliphatic rings. The summed E-state index contributed by atoms with van der Waals surface area (Å²) in [6, 6.07) is 13.0. The molecule has 0 saturated carbocycles. The Labute approximate surface area is 145 Å². The number of rotatable bonds is 7. The van der Waals surface area contributed by atoms with E-state index in [0.717, 1.165) is 5.56 Å². The van der Waals surface area contributed by atoms with Gasteiger partial charge in [0.2, 0.25) is 0 Å². The van der Waals surface area contributed by atoms with Crippen LogP contribution in [0.5, 0.6) is 0 Å². The van der Waals surface area contributed by atoms with E-state index in [9.17, 15) is 4.79 Å². The molecule has 2 aromatic heterocycles. The molecule has 3 aromatic rings. The van der Waals surface area contributed by atoms with Gasteiger partial charge in [-0.3, -0.25) is 4.79 Å². The Morgan fingerprint density at radius 3 is 2.76 bits per heavy atom. The van der Waals surface area contributed by atoms with Crippen molar-refractivity contribution in [3.8, 4) is 6.07 Å². The third-order valence-electron chi connectivity index (χ3n) is 3.72. The standard InChI is InChI=1S/C18H17N5O2/c19-8-2-9-22(12-17-3-1-10-25-17)18(24)16-6-4-15(5-7-16)11-23-14-20-13-21-23/h1,3-7,10,13-14H,2,9,11-12H2. The highest BCUT2D eigenvalue weighted by atomic mass is 16.3. The third kappa shape index (κ3) is 4.32. The lowest BCUT2D eigenvalue weighted by molar-refractivity contribution is 0.0735. The Balaban J connectivity index is 1.71. The molecule has 3 rings (SSSR count). The lowest BCUT2D eigenvalue weighted by atomic mass is 10.1. The average Bonchev–Trinajstić information content (AvgIpc) is 3.32. The van der Waals surface area contributed by atoms with E-state index < -0.39 is 0 Å². The largest absolute Gasteiger partial charge is 0.467 e. The van der Waals surface area contributed by atoms with E-state index in [1.807, 2.05) is 18.2 Å². The number of amides is 1. The number of aromatic nitrogens is 3. The van der Waals surface area contributed by atoms with Crippen molar-refractivity contribution in [3.63, 3.8) is 0 Å². The Morgan fingerprint density at radius 2 is 2.12 bits per heavy atom. The van der Waals surface area contributed by atoms with Crippen LogP contribution in [0.1, 0.15) is 28.1 Å². The maximum absolute atomic E-state index is 12.8. The lowest BCUT2D eigenvalue weighted by Gasteiger charge is -2.20. The number of carbonyl (C=O) groups excluding carboxylic acids is 1. The van der Waals surface area contributed by atoms with Crippen LogP contribution in [0.4, 0.5) is 0 Å². The molecule has 7 nitrogen and oxygen atoms in total. The lowest BCUT2D eigenvalue weighted by Crippen LogP contribution is -2.31. The maximum Gasteiger partial charge on any atom is 0.254 e. The topological polar surface area (TPSA) is 88.0 Å². The highest BCUT2D eigenvalue weighted by molar-refractivity contribution is 5.94. The molecule has 0 saturated heterocycles. The fraction of sp³-hybridized carbons (Fsp3) is 0.222. The summed E-state index contributed by atoms with van der Waals surface area (Å²) in [5.74, 6) is 0.563. The normalized spacial score (nSPS) is 10.4. The van der Waals surface area contributed by atoms with Crippen molar-refractivity contribution in [2.45, 2.75) is 19.5 Å². The van der Waals surface area contributed by atoms with E-state index in [1.165, 1.54) is 6.33 Å². The summed E-state index contributed by atoms with van der Waals surface area (Å²) in [5.41, 5.74) is 1.60. The van der Waals surface area contributed by atoms with Crippen LogP contribution in [0, 0.1) is 11.3 Å². The van der Waals surface area contributed by atoms with Crippen molar-refractivity contribution in [3.05, 3.63) is 72.2 Å². The zero-order valence-electron chi connectivity index (χ0n) is 13.6. The number of nitriles is 1. The van der Waals surface area contributed by atoms with E-state index >= 15 is 0 Å². The van der Waals surface area contributed by atoms with Crippen molar-refractivity contribution in [2.75, 3.05) is 6.54 Å². The quantitative estimate of drug-likeness (QED) is 0.662. The smallest absolute Gasteiger partial charge is 0.254 e. The van der Waals surface area contributed by atoms with Crippen molar-refractivity contribution in [1.82, 2.24) is 19.7 Å². The molecule has 25 heavy (non-hydrogen) atoms. The van der Waals surface area contributed by atoms with Gasteiger partial charge in [-0.2, -0.15) is 10.4 Å². The van der Waals surface area contributed by atoms with Gasteiger partial charge in [-0.25, -0.2) is 9.67 Å². The van der Waals surface area contributed by atoms with E-state index in [2.05, 4.69) is 16.2 Å². The van der Waals surface area contributed by atoms with Gasteiger partial charge < -0.3 is 9.32 Å². The van der Waals surface area contributed by atoms with Gasteiger partial charge >= 0.3 is 0 Å². The van der Waals surface area contributed by atoms with Gasteiger partial charge in [0.05, 0.1) is 31.8 Å². The maximum atomic E-state index is 12.8. The first-order valence-electron chi connectivity index (χ1n) is 7.86. The molecule has 0 N–H and O–H groups in total. The molecule has 126 valence electrons. The van der Waals surface area contributed by atoms with Crippen LogP contribution in [0.25, 0.3) is 0 Å². The Bertz CT molecular complexity index is 833. The average molecular weight is 335 g/mol. The number of furan rings is 1. The van der Waals surface area contributed by atoms with Gasteiger partial charge in [-0.05, 0) is 29.8 Å². The Hall–Kier alpha value is -3.40. The second-order valence-corrected chi connectivity index (χ2v) is 5.50.